The Morgan fingerprint density at radius 1 is 1.58 bits per heavy atom. The van der Waals surface area contributed by atoms with E-state index in [2.05, 4.69) is 0 Å². The molecule has 4 heteroatoms. The predicted octanol–water partition coefficient (Wildman–Crippen LogP) is 1.66. The SMILES string of the molecule is NC(=O)c1ccc(F)cc1CCl. The van der Waals surface area contributed by atoms with E-state index in [9.17, 15) is 9.18 Å². The Morgan fingerprint density at radius 2 is 2.25 bits per heavy atom. The quantitative estimate of drug-likeness (QED) is 0.704. The summed E-state index contributed by atoms with van der Waals surface area (Å²) in [5.74, 6) is -0.933. The highest BCUT2D eigenvalue weighted by molar-refractivity contribution is 6.17. The third kappa shape index (κ3) is 1.74. The number of rotatable bonds is 2. The number of alkyl halides is 1. The number of halogens is 2. The second kappa shape index (κ2) is 3.54. The van der Waals surface area contributed by atoms with Crippen LogP contribution in [0.15, 0.2) is 18.2 Å². The molecule has 0 aliphatic carbocycles. The van der Waals surface area contributed by atoms with Crippen LogP contribution in [0.25, 0.3) is 0 Å². The number of amides is 1. The average molecular weight is 188 g/mol. The van der Waals surface area contributed by atoms with E-state index < -0.39 is 11.7 Å². The Labute approximate surface area is 74.1 Å². The molecule has 0 atom stereocenters. The second-order valence-electron chi connectivity index (χ2n) is 2.30. The van der Waals surface area contributed by atoms with Crippen molar-refractivity contribution in [1.29, 1.82) is 0 Å². The van der Waals surface area contributed by atoms with Crippen molar-refractivity contribution >= 4 is 17.5 Å². The maximum absolute atomic E-state index is 12.6. The van der Waals surface area contributed by atoms with Gasteiger partial charge in [0.1, 0.15) is 5.82 Å². The number of benzene rings is 1. The first-order valence-corrected chi connectivity index (χ1v) is 3.83. The summed E-state index contributed by atoms with van der Waals surface area (Å²) < 4.78 is 12.6. The van der Waals surface area contributed by atoms with E-state index in [1.807, 2.05) is 0 Å². The summed E-state index contributed by atoms with van der Waals surface area (Å²) in [4.78, 5) is 10.7. The molecule has 1 aromatic rings. The van der Waals surface area contributed by atoms with E-state index in [-0.39, 0.29) is 11.4 Å². The Hall–Kier alpha value is -1.09. The molecule has 0 aliphatic heterocycles. The molecule has 2 N–H and O–H groups in total. The summed E-state index contributed by atoms with van der Waals surface area (Å²) in [6, 6.07) is 3.71. The third-order valence-electron chi connectivity index (χ3n) is 1.48. The van der Waals surface area contributed by atoms with Crippen molar-refractivity contribution in [3.05, 3.63) is 35.1 Å². The van der Waals surface area contributed by atoms with Gasteiger partial charge in [0.15, 0.2) is 0 Å². The average Bonchev–Trinajstić information content (AvgIpc) is 2.03. The summed E-state index contributed by atoms with van der Waals surface area (Å²) in [5, 5.41) is 0. The van der Waals surface area contributed by atoms with Crippen LogP contribution in [-0.4, -0.2) is 5.91 Å². The molecule has 64 valence electrons. The van der Waals surface area contributed by atoms with Crippen molar-refractivity contribution in [2.75, 3.05) is 0 Å². The monoisotopic (exact) mass is 187 g/mol. The van der Waals surface area contributed by atoms with Crippen molar-refractivity contribution in [3.63, 3.8) is 0 Å². The number of hydrogen-bond donors (Lipinski definition) is 1. The van der Waals surface area contributed by atoms with Crippen LogP contribution < -0.4 is 5.73 Å². The minimum absolute atomic E-state index is 0.0794. The van der Waals surface area contributed by atoms with Gasteiger partial charge in [0.2, 0.25) is 5.91 Å². The topological polar surface area (TPSA) is 43.1 Å². The molecule has 0 fully saturated rings. The lowest BCUT2D eigenvalue weighted by molar-refractivity contribution is 0.0999. The normalized spacial score (nSPS) is 9.83. The highest BCUT2D eigenvalue weighted by Gasteiger charge is 2.07. The van der Waals surface area contributed by atoms with Crippen molar-refractivity contribution < 1.29 is 9.18 Å². The smallest absolute Gasteiger partial charge is 0.249 e. The number of carbonyl (C=O) groups is 1. The van der Waals surface area contributed by atoms with Gasteiger partial charge in [-0.3, -0.25) is 4.79 Å². The summed E-state index contributed by atoms with van der Waals surface area (Å²) in [6.45, 7) is 0. The number of nitrogens with two attached hydrogens (primary N) is 1. The molecule has 0 bridgehead atoms. The van der Waals surface area contributed by atoms with Gasteiger partial charge in [-0.25, -0.2) is 4.39 Å². The lowest BCUT2D eigenvalue weighted by atomic mass is 10.1. The Bertz CT molecular complexity index is 314. The first kappa shape index (κ1) is 9.00. The van der Waals surface area contributed by atoms with Crippen LogP contribution in [0.1, 0.15) is 15.9 Å². The summed E-state index contributed by atoms with van der Waals surface area (Å²) in [5.41, 5.74) is 5.71. The molecular weight excluding hydrogens is 181 g/mol. The van der Waals surface area contributed by atoms with Gasteiger partial charge in [-0.15, -0.1) is 11.6 Å². The molecule has 12 heavy (non-hydrogen) atoms. The van der Waals surface area contributed by atoms with E-state index in [1.165, 1.54) is 18.2 Å². The first-order valence-electron chi connectivity index (χ1n) is 3.29. The van der Waals surface area contributed by atoms with E-state index in [0.29, 0.717) is 5.56 Å². The van der Waals surface area contributed by atoms with Gasteiger partial charge in [0, 0.05) is 11.4 Å². The van der Waals surface area contributed by atoms with Crippen LogP contribution in [0.3, 0.4) is 0 Å². The molecule has 0 spiro atoms. The van der Waals surface area contributed by atoms with Crippen molar-refractivity contribution in [3.8, 4) is 0 Å². The zero-order chi connectivity index (χ0) is 9.14. The third-order valence-corrected chi connectivity index (χ3v) is 1.76. The van der Waals surface area contributed by atoms with Gasteiger partial charge < -0.3 is 5.73 Å². The largest absolute Gasteiger partial charge is 0.366 e. The van der Waals surface area contributed by atoms with Crippen LogP contribution in [0, 0.1) is 5.82 Å². The first-order chi connectivity index (χ1) is 5.65. The fourth-order valence-electron chi connectivity index (χ4n) is 0.913. The maximum Gasteiger partial charge on any atom is 0.249 e. The van der Waals surface area contributed by atoms with Gasteiger partial charge in [-0.2, -0.15) is 0 Å². The van der Waals surface area contributed by atoms with Gasteiger partial charge in [0.05, 0.1) is 0 Å². The molecule has 0 saturated heterocycles. The van der Waals surface area contributed by atoms with Gasteiger partial charge in [0.25, 0.3) is 0 Å². The standard InChI is InChI=1S/C8H7ClFNO/c9-4-5-3-6(10)1-2-7(5)8(11)12/h1-3H,4H2,(H2,11,12). The molecule has 1 amide bonds. The van der Waals surface area contributed by atoms with E-state index in [1.54, 1.807) is 0 Å². The lowest BCUT2D eigenvalue weighted by Crippen LogP contribution is -2.13. The second-order valence-corrected chi connectivity index (χ2v) is 2.57. The number of hydrogen-bond acceptors (Lipinski definition) is 1. The van der Waals surface area contributed by atoms with Crippen molar-refractivity contribution in [2.24, 2.45) is 5.73 Å². The minimum atomic E-state index is -0.592. The van der Waals surface area contributed by atoms with Crippen molar-refractivity contribution in [1.82, 2.24) is 0 Å². The molecule has 1 rings (SSSR count). The molecule has 0 unspecified atom stereocenters. The lowest BCUT2D eigenvalue weighted by Gasteiger charge is -2.01. The molecule has 0 radical (unpaired) electrons. The molecule has 1 aromatic carbocycles. The number of primary amides is 1. The number of carbonyl (C=O) groups excluding carboxylic acids is 1. The molecular formula is C8H7ClFNO. The summed E-state index contributed by atoms with van der Waals surface area (Å²) in [6.07, 6.45) is 0. The zero-order valence-electron chi connectivity index (χ0n) is 6.18. The van der Waals surface area contributed by atoms with Gasteiger partial charge in [-0.05, 0) is 23.8 Å². The molecule has 0 aromatic heterocycles. The van der Waals surface area contributed by atoms with E-state index >= 15 is 0 Å². The summed E-state index contributed by atoms with van der Waals surface area (Å²) >= 11 is 5.47. The molecule has 0 heterocycles. The predicted molar refractivity (Wildman–Crippen MR) is 44.5 cm³/mol. The fraction of sp³-hybridized carbons (Fsp3) is 0.125. The van der Waals surface area contributed by atoms with Crippen molar-refractivity contribution in [2.45, 2.75) is 5.88 Å². The van der Waals surface area contributed by atoms with E-state index in [0.717, 1.165) is 0 Å². The van der Waals surface area contributed by atoms with Gasteiger partial charge >= 0.3 is 0 Å². The Kier molecular flexibility index (Phi) is 2.65. The maximum atomic E-state index is 12.6. The van der Waals surface area contributed by atoms with Crippen LogP contribution in [0.2, 0.25) is 0 Å². The molecule has 0 saturated carbocycles. The molecule has 0 aliphatic rings. The minimum Gasteiger partial charge on any atom is -0.366 e. The van der Waals surface area contributed by atoms with Crippen LogP contribution in [-0.2, 0) is 5.88 Å². The Morgan fingerprint density at radius 3 is 2.75 bits per heavy atom. The zero-order valence-corrected chi connectivity index (χ0v) is 6.94. The van der Waals surface area contributed by atoms with Crippen LogP contribution >= 0.6 is 11.6 Å². The van der Waals surface area contributed by atoms with Gasteiger partial charge in [-0.1, -0.05) is 0 Å². The Balaban J connectivity index is 3.20. The van der Waals surface area contributed by atoms with Crippen LogP contribution in [0.4, 0.5) is 4.39 Å². The van der Waals surface area contributed by atoms with Crippen LogP contribution in [0.5, 0.6) is 0 Å². The highest BCUT2D eigenvalue weighted by atomic mass is 35.5. The summed E-state index contributed by atoms with van der Waals surface area (Å²) in [7, 11) is 0. The highest BCUT2D eigenvalue weighted by Crippen LogP contribution is 2.12. The van der Waals surface area contributed by atoms with E-state index in [4.69, 9.17) is 17.3 Å². The molecule has 2 nitrogen and oxygen atoms in total. The fourth-order valence-corrected chi connectivity index (χ4v) is 1.13.